The fraction of sp³-hybridized carbons (Fsp3) is 0.278. The third kappa shape index (κ3) is 4.79. The van der Waals surface area contributed by atoms with Gasteiger partial charge < -0.3 is 15.0 Å². The second-order valence-corrected chi connectivity index (χ2v) is 6.46. The smallest absolute Gasteiger partial charge is 0.387 e. The second-order valence-electron chi connectivity index (χ2n) is 5.68. The van der Waals surface area contributed by atoms with Crippen LogP contribution in [0, 0.1) is 0 Å². The summed E-state index contributed by atoms with van der Waals surface area (Å²) in [5.74, 6) is -0.00278. The average Bonchev–Trinajstić information content (AvgIpc) is 3.24. The van der Waals surface area contributed by atoms with Crippen molar-refractivity contribution in [2.24, 2.45) is 0 Å². The summed E-state index contributed by atoms with van der Waals surface area (Å²) in [6.45, 7) is -1.63. The highest BCUT2D eigenvalue weighted by Crippen LogP contribution is 2.31. The lowest BCUT2D eigenvalue weighted by Crippen LogP contribution is -2.36. The van der Waals surface area contributed by atoms with Crippen LogP contribution in [0.25, 0.3) is 6.08 Å². The molecule has 1 aromatic carbocycles. The number of para-hydroxylation sites is 2. The summed E-state index contributed by atoms with van der Waals surface area (Å²) in [7, 11) is 0. The van der Waals surface area contributed by atoms with Gasteiger partial charge in [0.05, 0.1) is 5.69 Å². The zero-order valence-electron chi connectivity index (χ0n) is 13.4. The van der Waals surface area contributed by atoms with Crippen LogP contribution in [0.5, 0.6) is 5.75 Å². The Morgan fingerprint density at radius 1 is 1.36 bits per heavy atom. The topological polar surface area (TPSA) is 41.6 Å². The highest BCUT2D eigenvalue weighted by molar-refractivity contribution is 7.08. The first-order chi connectivity index (χ1) is 12.1. The molecule has 1 atom stereocenters. The quantitative estimate of drug-likeness (QED) is 0.794. The minimum absolute atomic E-state index is 0.0285. The zero-order valence-corrected chi connectivity index (χ0v) is 14.2. The van der Waals surface area contributed by atoms with E-state index in [0.717, 1.165) is 12.0 Å². The SMILES string of the molecule is O=C(/C=C/c1ccsc1)NC1CCN(c2ccccc2OC(F)F)C1. The van der Waals surface area contributed by atoms with Crippen LogP contribution in [0.4, 0.5) is 14.5 Å². The highest BCUT2D eigenvalue weighted by Gasteiger charge is 2.26. The van der Waals surface area contributed by atoms with Crippen molar-refractivity contribution >= 4 is 29.0 Å². The predicted molar refractivity (Wildman–Crippen MR) is 95.2 cm³/mol. The second kappa shape index (κ2) is 8.11. The molecule has 0 aliphatic carbocycles. The van der Waals surface area contributed by atoms with Crippen molar-refractivity contribution in [3.05, 3.63) is 52.7 Å². The summed E-state index contributed by atoms with van der Waals surface area (Å²) in [6.07, 6.45) is 4.03. The molecule has 0 spiro atoms. The molecule has 1 aliphatic heterocycles. The van der Waals surface area contributed by atoms with Gasteiger partial charge in [-0.15, -0.1) is 0 Å². The number of anilines is 1. The van der Waals surface area contributed by atoms with Crippen molar-refractivity contribution in [1.29, 1.82) is 0 Å². The summed E-state index contributed by atoms with van der Waals surface area (Å²) in [6, 6.07) is 8.62. The number of hydrogen-bond acceptors (Lipinski definition) is 4. The van der Waals surface area contributed by atoms with Gasteiger partial charge in [0.15, 0.2) is 0 Å². The van der Waals surface area contributed by atoms with Gasteiger partial charge in [-0.3, -0.25) is 4.79 Å². The molecule has 1 saturated heterocycles. The van der Waals surface area contributed by atoms with E-state index < -0.39 is 6.61 Å². The van der Waals surface area contributed by atoms with E-state index >= 15 is 0 Å². The summed E-state index contributed by atoms with van der Waals surface area (Å²) < 4.78 is 29.6. The molecule has 0 bridgehead atoms. The zero-order chi connectivity index (χ0) is 17.6. The minimum atomic E-state index is -2.86. The lowest BCUT2D eigenvalue weighted by Gasteiger charge is -2.21. The van der Waals surface area contributed by atoms with Crippen LogP contribution in [0.15, 0.2) is 47.2 Å². The number of nitrogens with zero attached hydrogens (tertiary/aromatic N) is 1. The lowest BCUT2D eigenvalue weighted by molar-refractivity contribution is -0.117. The van der Waals surface area contributed by atoms with Gasteiger partial charge in [0.2, 0.25) is 5.91 Å². The largest absolute Gasteiger partial charge is 0.433 e. The molecule has 2 aromatic rings. The summed E-state index contributed by atoms with van der Waals surface area (Å²) in [4.78, 5) is 14.0. The molecule has 1 N–H and O–H groups in total. The number of rotatable bonds is 6. The van der Waals surface area contributed by atoms with Crippen LogP contribution < -0.4 is 15.0 Å². The lowest BCUT2D eigenvalue weighted by atomic mass is 10.2. The predicted octanol–water partition coefficient (Wildman–Crippen LogP) is 3.76. The first kappa shape index (κ1) is 17.4. The molecule has 7 heteroatoms. The Balaban J connectivity index is 1.58. The van der Waals surface area contributed by atoms with Crippen LogP contribution >= 0.6 is 11.3 Å². The molecule has 0 saturated carbocycles. The van der Waals surface area contributed by atoms with E-state index in [4.69, 9.17) is 0 Å². The molecule has 0 radical (unpaired) electrons. The number of thiophene rings is 1. The molecule has 25 heavy (non-hydrogen) atoms. The first-order valence-electron chi connectivity index (χ1n) is 7.91. The van der Waals surface area contributed by atoms with Crippen LogP contribution in [-0.2, 0) is 4.79 Å². The van der Waals surface area contributed by atoms with Crippen molar-refractivity contribution in [3.63, 3.8) is 0 Å². The van der Waals surface area contributed by atoms with Gasteiger partial charge in [-0.1, -0.05) is 12.1 Å². The number of alkyl halides is 2. The van der Waals surface area contributed by atoms with E-state index in [1.165, 1.54) is 12.1 Å². The number of nitrogens with one attached hydrogen (secondary N) is 1. The maximum Gasteiger partial charge on any atom is 0.387 e. The third-order valence-corrected chi connectivity index (χ3v) is 4.63. The van der Waals surface area contributed by atoms with Crippen molar-refractivity contribution in [2.45, 2.75) is 19.1 Å². The fourth-order valence-electron chi connectivity index (χ4n) is 2.80. The maximum absolute atomic E-state index is 12.5. The van der Waals surface area contributed by atoms with Crippen LogP contribution in [0.2, 0.25) is 0 Å². The monoisotopic (exact) mass is 364 g/mol. The van der Waals surface area contributed by atoms with Crippen molar-refractivity contribution < 1.29 is 18.3 Å². The summed E-state index contributed by atoms with van der Waals surface area (Å²) in [5.41, 5.74) is 1.61. The molecular weight excluding hydrogens is 346 g/mol. The highest BCUT2D eigenvalue weighted by atomic mass is 32.1. The van der Waals surface area contributed by atoms with E-state index in [2.05, 4.69) is 10.1 Å². The Bertz CT molecular complexity index is 734. The van der Waals surface area contributed by atoms with Crippen LogP contribution in [0.1, 0.15) is 12.0 Å². The molecule has 1 aliphatic rings. The number of halogens is 2. The Labute approximate surface area is 148 Å². The van der Waals surface area contributed by atoms with Crippen LogP contribution in [-0.4, -0.2) is 31.7 Å². The van der Waals surface area contributed by atoms with Crippen molar-refractivity contribution in [3.8, 4) is 5.75 Å². The summed E-state index contributed by atoms with van der Waals surface area (Å²) in [5, 5.41) is 6.86. The van der Waals surface area contributed by atoms with Crippen molar-refractivity contribution in [2.75, 3.05) is 18.0 Å². The number of ether oxygens (including phenoxy) is 1. The van der Waals surface area contributed by atoms with Gasteiger partial charge >= 0.3 is 6.61 Å². The number of amides is 1. The molecule has 1 fully saturated rings. The Hall–Kier alpha value is -2.41. The van der Waals surface area contributed by atoms with Crippen LogP contribution in [0.3, 0.4) is 0 Å². The molecule has 4 nitrogen and oxygen atoms in total. The van der Waals surface area contributed by atoms with E-state index in [9.17, 15) is 13.6 Å². The molecule has 3 rings (SSSR count). The Kier molecular flexibility index (Phi) is 5.65. The van der Waals surface area contributed by atoms with E-state index in [1.807, 2.05) is 21.7 Å². The number of hydrogen-bond donors (Lipinski definition) is 1. The van der Waals surface area contributed by atoms with E-state index in [1.54, 1.807) is 35.6 Å². The molecule has 1 amide bonds. The van der Waals surface area contributed by atoms with Gasteiger partial charge in [-0.05, 0) is 47.0 Å². The average molecular weight is 364 g/mol. The number of carbonyl (C=O) groups excluding carboxylic acids is 1. The molecular formula is C18H18F2N2O2S. The molecule has 2 heterocycles. The van der Waals surface area contributed by atoms with E-state index in [-0.39, 0.29) is 17.7 Å². The van der Waals surface area contributed by atoms with Gasteiger partial charge in [0.25, 0.3) is 0 Å². The maximum atomic E-state index is 12.5. The summed E-state index contributed by atoms with van der Waals surface area (Å²) >= 11 is 1.57. The first-order valence-corrected chi connectivity index (χ1v) is 8.85. The van der Waals surface area contributed by atoms with Gasteiger partial charge in [0, 0.05) is 25.2 Å². The number of benzene rings is 1. The van der Waals surface area contributed by atoms with Gasteiger partial charge in [0.1, 0.15) is 5.75 Å². The minimum Gasteiger partial charge on any atom is -0.433 e. The molecule has 1 unspecified atom stereocenters. The normalized spacial score (nSPS) is 17.4. The molecule has 132 valence electrons. The van der Waals surface area contributed by atoms with Gasteiger partial charge in [-0.25, -0.2) is 0 Å². The Morgan fingerprint density at radius 3 is 2.96 bits per heavy atom. The standard InChI is InChI=1S/C18H18F2N2O2S/c19-18(20)24-16-4-2-1-3-15(16)22-9-7-14(11-22)21-17(23)6-5-13-8-10-25-12-13/h1-6,8,10,12,14,18H,7,9,11H2,(H,21,23)/b6-5+. The number of carbonyl (C=O) groups is 1. The van der Waals surface area contributed by atoms with Gasteiger partial charge in [-0.2, -0.15) is 20.1 Å². The van der Waals surface area contributed by atoms with Crippen molar-refractivity contribution in [1.82, 2.24) is 5.32 Å². The third-order valence-electron chi connectivity index (χ3n) is 3.93. The molecule has 1 aromatic heterocycles. The Morgan fingerprint density at radius 2 is 2.20 bits per heavy atom. The fourth-order valence-corrected chi connectivity index (χ4v) is 3.43. The van der Waals surface area contributed by atoms with E-state index in [0.29, 0.717) is 18.8 Å².